The van der Waals surface area contributed by atoms with E-state index in [0.717, 1.165) is 21.6 Å². The number of amides is 3. The summed E-state index contributed by atoms with van der Waals surface area (Å²) in [6, 6.07) is 8.08. The minimum atomic E-state index is -0.310. The molecule has 0 saturated carbocycles. The Balaban J connectivity index is 1.46. The molecule has 3 amide bonds. The average molecular weight is 340 g/mol. The third-order valence-electron chi connectivity index (χ3n) is 4.18. The molecule has 7 heteroatoms. The van der Waals surface area contributed by atoms with Crippen molar-refractivity contribution in [2.45, 2.75) is 19.3 Å². The maximum absolute atomic E-state index is 11.9. The molecular formula is C18H20N4O3. The number of hydrogen-bond acceptors (Lipinski definition) is 4. The van der Waals surface area contributed by atoms with Crippen LogP contribution in [0.2, 0.25) is 0 Å². The van der Waals surface area contributed by atoms with Crippen molar-refractivity contribution >= 4 is 17.7 Å². The number of rotatable bonds is 6. The molecule has 1 aliphatic heterocycles. The van der Waals surface area contributed by atoms with Crippen LogP contribution in [0, 0.1) is 0 Å². The number of carbonyl (C=O) groups is 3. The van der Waals surface area contributed by atoms with Crippen LogP contribution in [-0.4, -0.2) is 45.5 Å². The van der Waals surface area contributed by atoms with Crippen LogP contribution < -0.4 is 5.32 Å². The van der Waals surface area contributed by atoms with Crippen molar-refractivity contribution in [2.75, 3.05) is 13.1 Å². The fourth-order valence-electron chi connectivity index (χ4n) is 2.78. The molecule has 0 aliphatic carbocycles. The van der Waals surface area contributed by atoms with Gasteiger partial charge in [0.25, 0.3) is 0 Å². The summed E-state index contributed by atoms with van der Waals surface area (Å²) in [4.78, 5) is 35.9. The molecule has 25 heavy (non-hydrogen) atoms. The van der Waals surface area contributed by atoms with Gasteiger partial charge in [0.15, 0.2) is 0 Å². The molecule has 0 atom stereocenters. The second-order valence-electron chi connectivity index (χ2n) is 6.07. The van der Waals surface area contributed by atoms with Crippen molar-refractivity contribution in [1.29, 1.82) is 0 Å². The van der Waals surface area contributed by atoms with E-state index in [-0.39, 0.29) is 37.1 Å². The number of aryl methyl sites for hydroxylation is 1. The second kappa shape index (κ2) is 7.29. The average Bonchev–Trinajstić information content (AvgIpc) is 3.16. The molecule has 1 aliphatic rings. The van der Waals surface area contributed by atoms with E-state index in [2.05, 4.69) is 10.4 Å². The third-order valence-corrected chi connectivity index (χ3v) is 4.18. The highest BCUT2D eigenvalue weighted by molar-refractivity contribution is 6.04. The van der Waals surface area contributed by atoms with Gasteiger partial charge in [-0.25, -0.2) is 0 Å². The van der Waals surface area contributed by atoms with Crippen LogP contribution in [0.15, 0.2) is 36.7 Å². The lowest BCUT2D eigenvalue weighted by molar-refractivity contribution is -0.142. The minimum Gasteiger partial charge on any atom is -0.354 e. The van der Waals surface area contributed by atoms with Gasteiger partial charge in [-0.1, -0.05) is 24.3 Å². The van der Waals surface area contributed by atoms with Crippen LogP contribution in [0.1, 0.15) is 18.4 Å². The molecule has 3 rings (SSSR count). The Morgan fingerprint density at radius 3 is 2.40 bits per heavy atom. The predicted molar refractivity (Wildman–Crippen MR) is 91.3 cm³/mol. The maximum atomic E-state index is 11.9. The number of nitrogens with one attached hydrogen (secondary N) is 1. The number of benzene rings is 1. The van der Waals surface area contributed by atoms with Crippen molar-refractivity contribution in [2.24, 2.45) is 7.05 Å². The quantitative estimate of drug-likeness (QED) is 0.792. The van der Waals surface area contributed by atoms with Crippen LogP contribution >= 0.6 is 0 Å². The summed E-state index contributed by atoms with van der Waals surface area (Å²) in [7, 11) is 1.88. The zero-order valence-electron chi connectivity index (χ0n) is 14.1. The second-order valence-corrected chi connectivity index (χ2v) is 6.07. The van der Waals surface area contributed by atoms with Gasteiger partial charge in [-0.05, 0) is 17.5 Å². The van der Waals surface area contributed by atoms with Crippen LogP contribution in [0.25, 0.3) is 11.1 Å². The van der Waals surface area contributed by atoms with E-state index >= 15 is 0 Å². The molecule has 0 unspecified atom stereocenters. The van der Waals surface area contributed by atoms with E-state index in [1.165, 1.54) is 0 Å². The Morgan fingerprint density at radius 2 is 1.80 bits per heavy atom. The molecular weight excluding hydrogens is 320 g/mol. The summed E-state index contributed by atoms with van der Waals surface area (Å²) in [6.45, 7) is 0.277. The Bertz CT molecular complexity index is 779. The highest BCUT2D eigenvalue weighted by atomic mass is 16.2. The van der Waals surface area contributed by atoms with Gasteiger partial charge in [0.2, 0.25) is 17.7 Å². The first-order chi connectivity index (χ1) is 12.0. The van der Waals surface area contributed by atoms with Crippen LogP contribution in [0.5, 0.6) is 0 Å². The van der Waals surface area contributed by atoms with E-state index in [1.807, 2.05) is 43.7 Å². The summed E-state index contributed by atoms with van der Waals surface area (Å²) in [5, 5.41) is 6.90. The molecule has 0 spiro atoms. The molecule has 2 heterocycles. The third kappa shape index (κ3) is 4.12. The van der Waals surface area contributed by atoms with Gasteiger partial charge in [-0.3, -0.25) is 24.0 Å². The molecule has 0 bridgehead atoms. The molecule has 2 aromatic rings. The van der Waals surface area contributed by atoms with E-state index in [9.17, 15) is 14.4 Å². The molecule has 7 nitrogen and oxygen atoms in total. The highest BCUT2D eigenvalue weighted by Crippen LogP contribution is 2.18. The molecule has 1 aromatic carbocycles. The van der Waals surface area contributed by atoms with Gasteiger partial charge < -0.3 is 5.32 Å². The predicted octanol–water partition coefficient (Wildman–Crippen LogP) is 0.895. The van der Waals surface area contributed by atoms with Crippen molar-refractivity contribution < 1.29 is 14.4 Å². The molecule has 130 valence electrons. The molecule has 1 fully saturated rings. The summed E-state index contributed by atoms with van der Waals surface area (Å²) < 4.78 is 1.76. The van der Waals surface area contributed by atoms with E-state index in [1.54, 1.807) is 4.68 Å². The topological polar surface area (TPSA) is 84.3 Å². The van der Waals surface area contributed by atoms with Crippen LogP contribution in [0.3, 0.4) is 0 Å². The smallest absolute Gasteiger partial charge is 0.240 e. The lowest BCUT2D eigenvalue weighted by Gasteiger charge is -2.13. The maximum Gasteiger partial charge on any atom is 0.240 e. The van der Waals surface area contributed by atoms with Crippen molar-refractivity contribution in [3.05, 3.63) is 42.2 Å². The van der Waals surface area contributed by atoms with E-state index in [4.69, 9.17) is 0 Å². The first-order valence-corrected chi connectivity index (χ1v) is 8.21. The zero-order chi connectivity index (χ0) is 17.8. The summed E-state index contributed by atoms with van der Waals surface area (Å²) in [6.07, 6.45) is 4.86. The summed E-state index contributed by atoms with van der Waals surface area (Å²) in [5.74, 6) is -0.854. The van der Waals surface area contributed by atoms with Gasteiger partial charge in [0.1, 0.15) is 6.54 Å². The van der Waals surface area contributed by atoms with Crippen LogP contribution in [0.4, 0.5) is 0 Å². The first-order valence-electron chi connectivity index (χ1n) is 8.21. The fraction of sp³-hybridized carbons (Fsp3) is 0.333. The Kier molecular flexibility index (Phi) is 4.92. The monoisotopic (exact) mass is 340 g/mol. The number of hydrogen-bond donors (Lipinski definition) is 1. The van der Waals surface area contributed by atoms with E-state index in [0.29, 0.717) is 13.0 Å². The molecule has 1 saturated heterocycles. The van der Waals surface area contributed by atoms with E-state index < -0.39 is 0 Å². The van der Waals surface area contributed by atoms with Gasteiger partial charge in [0, 0.05) is 38.2 Å². The standard InChI is InChI=1S/C18H20N4O3/c1-21-11-15(10-20-21)14-4-2-13(3-5-14)8-9-19-16(23)12-22-17(24)6-7-18(22)25/h2-5,10-11H,6-9,12H2,1H3,(H,19,23). The van der Waals surface area contributed by atoms with Gasteiger partial charge in [-0.2, -0.15) is 5.10 Å². The van der Waals surface area contributed by atoms with Gasteiger partial charge in [0.05, 0.1) is 6.20 Å². The number of carbonyl (C=O) groups excluding carboxylic acids is 3. The number of likely N-dealkylation sites (tertiary alicyclic amines) is 1. The molecule has 1 N–H and O–H groups in total. The van der Waals surface area contributed by atoms with Crippen LogP contribution in [-0.2, 0) is 27.9 Å². The lowest BCUT2D eigenvalue weighted by Crippen LogP contribution is -2.40. The normalized spacial score (nSPS) is 14.2. The fourth-order valence-corrected chi connectivity index (χ4v) is 2.78. The largest absolute Gasteiger partial charge is 0.354 e. The molecule has 1 aromatic heterocycles. The van der Waals surface area contributed by atoms with Gasteiger partial charge in [-0.15, -0.1) is 0 Å². The minimum absolute atomic E-state index is 0.183. The Labute approximate surface area is 145 Å². The summed E-state index contributed by atoms with van der Waals surface area (Å²) >= 11 is 0. The number of imide groups is 1. The highest BCUT2D eigenvalue weighted by Gasteiger charge is 2.30. The SMILES string of the molecule is Cn1cc(-c2ccc(CCNC(=O)CN3C(=O)CCC3=O)cc2)cn1. The Hall–Kier alpha value is -2.96. The van der Waals surface area contributed by atoms with Gasteiger partial charge >= 0.3 is 0 Å². The zero-order valence-corrected chi connectivity index (χ0v) is 14.1. The number of aromatic nitrogens is 2. The molecule has 0 radical (unpaired) electrons. The first kappa shape index (κ1) is 16.9. The van der Waals surface area contributed by atoms with Crippen molar-refractivity contribution in [1.82, 2.24) is 20.0 Å². The summed E-state index contributed by atoms with van der Waals surface area (Å²) in [5.41, 5.74) is 3.25. The Morgan fingerprint density at radius 1 is 1.12 bits per heavy atom. The van der Waals surface area contributed by atoms with Crippen molar-refractivity contribution in [3.63, 3.8) is 0 Å². The number of nitrogens with zero attached hydrogens (tertiary/aromatic N) is 3. The lowest BCUT2D eigenvalue weighted by atomic mass is 10.1. The van der Waals surface area contributed by atoms with Crippen molar-refractivity contribution in [3.8, 4) is 11.1 Å².